The fourth-order valence-electron chi connectivity index (χ4n) is 2.07. The van der Waals surface area contributed by atoms with E-state index < -0.39 is 0 Å². The lowest BCUT2D eigenvalue weighted by Gasteiger charge is -2.28. The molecule has 0 radical (unpaired) electrons. The summed E-state index contributed by atoms with van der Waals surface area (Å²) in [6.07, 6.45) is 1.51. The molecule has 15 heavy (non-hydrogen) atoms. The molecule has 0 bridgehead atoms. The molecule has 0 aromatic heterocycles. The molecule has 0 saturated heterocycles. The van der Waals surface area contributed by atoms with E-state index in [9.17, 15) is 0 Å². The molecule has 1 N–H and O–H groups in total. The lowest BCUT2D eigenvalue weighted by Crippen LogP contribution is -2.36. The van der Waals surface area contributed by atoms with Gasteiger partial charge in [-0.1, -0.05) is 20.8 Å². The maximum atomic E-state index is 5.62. The van der Waals surface area contributed by atoms with Crippen LogP contribution in [0.25, 0.3) is 0 Å². The zero-order valence-corrected chi connectivity index (χ0v) is 11.3. The van der Waals surface area contributed by atoms with Crippen molar-refractivity contribution in [2.75, 3.05) is 13.2 Å². The molecule has 0 fully saturated rings. The van der Waals surface area contributed by atoms with Crippen LogP contribution >= 0.6 is 0 Å². The third-order valence-electron chi connectivity index (χ3n) is 2.93. The topological polar surface area (TPSA) is 21.3 Å². The summed E-state index contributed by atoms with van der Waals surface area (Å²) in [5, 5.41) is 3.51. The lowest BCUT2D eigenvalue weighted by molar-refractivity contribution is 0.0596. The summed E-state index contributed by atoms with van der Waals surface area (Å²) in [6, 6.07) is 0.589. The van der Waals surface area contributed by atoms with E-state index in [1.54, 1.807) is 0 Å². The number of nitrogens with one attached hydrogen (secondary N) is 1. The SMILES string of the molecule is CCNC(C)C(CCOC(C)C)C(C)C. The van der Waals surface area contributed by atoms with Crippen molar-refractivity contribution in [2.45, 2.75) is 60.1 Å². The molecule has 0 heterocycles. The molecule has 0 saturated carbocycles. The second-order valence-electron chi connectivity index (χ2n) is 4.96. The van der Waals surface area contributed by atoms with Gasteiger partial charge in [-0.2, -0.15) is 0 Å². The normalized spacial score (nSPS) is 16.0. The van der Waals surface area contributed by atoms with Gasteiger partial charge in [0.05, 0.1) is 6.10 Å². The molecule has 0 aliphatic heterocycles. The molecule has 2 atom stereocenters. The molecule has 92 valence electrons. The molecular formula is C13H29NO. The first-order chi connectivity index (χ1) is 6.99. The van der Waals surface area contributed by atoms with Crippen molar-refractivity contribution in [3.05, 3.63) is 0 Å². The molecule has 2 heteroatoms. The number of rotatable bonds is 8. The third kappa shape index (κ3) is 6.91. The van der Waals surface area contributed by atoms with Crippen LogP contribution in [-0.2, 0) is 4.74 Å². The summed E-state index contributed by atoms with van der Waals surface area (Å²) in [5.41, 5.74) is 0. The van der Waals surface area contributed by atoms with Gasteiger partial charge in [-0.15, -0.1) is 0 Å². The Hall–Kier alpha value is -0.0800. The first-order valence-electron chi connectivity index (χ1n) is 6.34. The Morgan fingerprint density at radius 3 is 2.07 bits per heavy atom. The fourth-order valence-corrected chi connectivity index (χ4v) is 2.07. The van der Waals surface area contributed by atoms with E-state index in [4.69, 9.17) is 4.74 Å². The van der Waals surface area contributed by atoms with Gasteiger partial charge < -0.3 is 10.1 Å². The van der Waals surface area contributed by atoms with Crippen LogP contribution in [0.4, 0.5) is 0 Å². The van der Waals surface area contributed by atoms with Crippen LogP contribution in [0.15, 0.2) is 0 Å². The molecule has 0 rings (SSSR count). The van der Waals surface area contributed by atoms with E-state index in [2.05, 4.69) is 46.9 Å². The van der Waals surface area contributed by atoms with Crippen molar-refractivity contribution in [3.63, 3.8) is 0 Å². The second-order valence-corrected chi connectivity index (χ2v) is 4.96. The van der Waals surface area contributed by atoms with Gasteiger partial charge in [-0.3, -0.25) is 0 Å². The highest BCUT2D eigenvalue weighted by Crippen LogP contribution is 2.19. The van der Waals surface area contributed by atoms with Crippen molar-refractivity contribution >= 4 is 0 Å². The van der Waals surface area contributed by atoms with Crippen LogP contribution in [-0.4, -0.2) is 25.3 Å². The average Bonchev–Trinajstić information content (AvgIpc) is 2.11. The highest BCUT2D eigenvalue weighted by atomic mass is 16.5. The predicted molar refractivity (Wildman–Crippen MR) is 67.2 cm³/mol. The molecule has 0 aromatic rings. The van der Waals surface area contributed by atoms with Crippen molar-refractivity contribution in [1.29, 1.82) is 0 Å². The van der Waals surface area contributed by atoms with E-state index in [1.807, 2.05) is 0 Å². The van der Waals surface area contributed by atoms with Crippen LogP contribution in [0, 0.1) is 11.8 Å². The van der Waals surface area contributed by atoms with E-state index in [-0.39, 0.29) is 0 Å². The van der Waals surface area contributed by atoms with Gasteiger partial charge in [0.1, 0.15) is 0 Å². The van der Waals surface area contributed by atoms with Gasteiger partial charge >= 0.3 is 0 Å². The molecule has 2 unspecified atom stereocenters. The Morgan fingerprint density at radius 1 is 1.07 bits per heavy atom. The summed E-state index contributed by atoms with van der Waals surface area (Å²) in [4.78, 5) is 0. The first kappa shape index (κ1) is 14.9. The average molecular weight is 215 g/mol. The van der Waals surface area contributed by atoms with Crippen molar-refractivity contribution in [1.82, 2.24) is 5.32 Å². The Balaban J connectivity index is 3.93. The van der Waals surface area contributed by atoms with Gasteiger partial charge in [-0.25, -0.2) is 0 Å². The number of hydrogen-bond acceptors (Lipinski definition) is 2. The zero-order valence-electron chi connectivity index (χ0n) is 11.3. The monoisotopic (exact) mass is 215 g/mol. The van der Waals surface area contributed by atoms with Gasteiger partial charge in [-0.05, 0) is 45.6 Å². The van der Waals surface area contributed by atoms with E-state index in [0.29, 0.717) is 18.1 Å². The molecule has 0 spiro atoms. The highest BCUT2D eigenvalue weighted by molar-refractivity contribution is 4.74. The van der Waals surface area contributed by atoms with Gasteiger partial charge in [0.25, 0.3) is 0 Å². The van der Waals surface area contributed by atoms with Crippen molar-refractivity contribution < 1.29 is 4.74 Å². The van der Waals surface area contributed by atoms with Crippen molar-refractivity contribution in [3.8, 4) is 0 Å². The highest BCUT2D eigenvalue weighted by Gasteiger charge is 2.19. The quantitative estimate of drug-likeness (QED) is 0.672. The smallest absolute Gasteiger partial charge is 0.0518 e. The van der Waals surface area contributed by atoms with Gasteiger partial charge in [0.15, 0.2) is 0 Å². The van der Waals surface area contributed by atoms with E-state index in [1.165, 1.54) is 0 Å². The summed E-state index contributed by atoms with van der Waals surface area (Å²) < 4.78 is 5.62. The fraction of sp³-hybridized carbons (Fsp3) is 1.00. The summed E-state index contributed by atoms with van der Waals surface area (Å²) in [6.45, 7) is 15.2. The Labute approximate surface area is 95.8 Å². The lowest BCUT2D eigenvalue weighted by atomic mass is 9.86. The van der Waals surface area contributed by atoms with E-state index >= 15 is 0 Å². The van der Waals surface area contributed by atoms with Crippen LogP contribution in [0.5, 0.6) is 0 Å². The zero-order chi connectivity index (χ0) is 11.8. The first-order valence-corrected chi connectivity index (χ1v) is 6.34. The molecule has 0 aliphatic carbocycles. The van der Waals surface area contributed by atoms with Crippen LogP contribution in [0.2, 0.25) is 0 Å². The minimum Gasteiger partial charge on any atom is -0.379 e. The Kier molecular flexibility index (Phi) is 8.07. The molecule has 0 aromatic carbocycles. The summed E-state index contributed by atoms with van der Waals surface area (Å²) >= 11 is 0. The second kappa shape index (κ2) is 8.12. The van der Waals surface area contributed by atoms with Gasteiger partial charge in [0.2, 0.25) is 0 Å². The molecular weight excluding hydrogens is 186 g/mol. The summed E-state index contributed by atoms with van der Waals surface area (Å²) in [7, 11) is 0. The predicted octanol–water partition coefficient (Wildman–Crippen LogP) is 3.07. The standard InChI is InChI=1S/C13H29NO/c1-7-14-12(6)13(10(2)3)8-9-15-11(4)5/h10-14H,7-9H2,1-6H3. The maximum absolute atomic E-state index is 5.62. The Morgan fingerprint density at radius 2 is 1.67 bits per heavy atom. The molecule has 0 aliphatic rings. The van der Waals surface area contributed by atoms with Crippen LogP contribution in [0.1, 0.15) is 48.0 Å². The maximum Gasteiger partial charge on any atom is 0.0518 e. The molecule has 0 amide bonds. The van der Waals surface area contributed by atoms with E-state index in [0.717, 1.165) is 25.5 Å². The van der Waals surface area contributed by atoms with Crippen LogP contribution in [0.3, 0.4) is 0 Å². The van der Waals surface area contributed by atoms with Crippen molar-refractivity contribution in [2.24, 2.45) is 11.8 Å². The minimum absolute atomic E-state index is 0.354. The van der Waals surface area contributed by atoms with Gasteiger partial charge in [0, 0.05) is 12.6 Å². The molecule has 2 nitrogen and oxygen atoms in total. The Bertz CT molecular complexity index is 145. The minimum atomic E-state index is 0.354. The van der Waals surface area contributed by atoms with Crippen LogP contribution < -0.4 is 5.32 Å². The summed E-state index contributed by atoms with van der Waals surface area (Å²) in [5.74, 6) is 1.43. The third-order valence-corrected chi connectivity index (χ3v) is 2.93. The largest absolute Gasteiger partial charge is 0.379 e. The number of hydrogen-bond donors (Lipinski definition) is 1. The number of ether oxygens (including phenoxy) is 1.